The molecular weight excluding hydrogens is 206 g/mol. The summed E-state index contributed by atoms with van der Waals surface area (Å²) in [5.74, 6) is 0. The summed E-state index contributed by atoms with van der Waals surface area (Å²) in [5.41, 5.74) is 0.605. The van der Waals surface area contributed by atoms with Crippen LogP contribution < -0.4 is 0 Å². The minimum Gasteiger partial charge on any atom is -0.351 e. The van der Waals surface area contributed by atoms with Crippen molar-refractivity contribution in [2.24, 2.45) is 0 Å². The summed E-state index contributed by atoms with van der Waals surface area (Å²) in [7, 11) is 0. The van der Waals surface area contributed by atoms with Gasteiger partial charge in [-0.05, 0) is 26.0 Å². The maximum absolute atomic E-state index is 11.0. The maximum atomic E-state index is 11.0. The summed E-state index contributed by atoms with van der Waals surface area (Å²) in [6.45, 7) is 3.80. The molecule has 1 aromatic rings. The number of benzene rings is 1. The van der Waals surface area contributed by atoms with E-state index in [0.29, 0.717) is 5.56 Å². The van der Waals surface area contributed by atoms with Gasteiger partial charge in [-0.2, -0.15) is 0 Å². The summed E-state index contributed by atoms with van der Waals surface area (Å²) in [6.07, 6.45) is 3.88. The predicted molar refractivity (Wildman–Crippen MR) is 58.0 cm³/mol. The van der Waals surface area contributed by atoms with E-state index in [1.54, 1.807) is 6.07 Å². The van der Waals surface area contributed by atoms with E-state index >= 15 is 0 Å². The van der Waals surface area contributed by atoms with Crippen LogP contribution in [-0.2, 0) is 15.9 Å². The first-order chi connectivity index (χ1) is 7.46. The quantitative estimate of drug-likeness (QED) is 0.412. The third kappa shape index (κ3) is 0.925. The third-order valence-corrected chi connectivity index (χ3v) is 3.41. The molecule has 2 aliphatic rings. The molecule has 16 heavy (non-hydrogen) atoms. The van der Waals surface area contributed by atoms with Crippen molar-refractivity contribution < 1.29 is 9.66 Å². The highest BCUT2D eigenvalue weighted by Crippen LogP contribution is 2.56. The van der Waals surface area contributed by atoms with Gasteiger partial charge in [0, 0.05) is 11.6 Å². The van der Waals surface area contributed by atoms with E-state index in [1.165, 1.54) is 6.07 Å². The monoisotopic (exact) mass is 217 g/mol. The Labute approximate surface area is 92.7 Å². The van der Waals surface area contributed by atoms with Crippen LogP contribution in [-0.4, -0.2) is 4.92 Å². The van der Waals surface area contributed by atoms with Gasteiger partial charge in [-0.15, -0.1) is 0 Å². The topological polar surface area (TPSA) is 52.4 Å². The van der Waals surface area contributed by atoms with Gasteiger partial charge in [-0.25, -0.2) is 0 Å². The van der Waals surface area contributed by atoms with Crippen LogP contribution >= 0.6 is 0 Å². The number of nitrogens with zero attached hydrogens (tertiary/aromatic N) is 1. The van der Waals surface area contributed by atoms with Crippen LogP contribution in [0.1, 0.15) is 25.0 Å². The molecule has 1 aromatic carbocycles. The Hall–Kier alpha value is -1.68. The Morgan fingerprint density at radius 2 is 1.94 bits per heavy atom. The molecule has 2 atom stereocenters. The van der Waals surface area contributed by atoms with Crippen molar-refractivity contribution in [3.8, 4) is 0 Å². The standard InChI is InChI=1S/C12H11NO3/c1-11-6-7-12(2,16-11)10-8(11)4-3-5-9(10)13(14)15/h3-7H,1-2H3. The summed E-state index contributed by atoms with van der Waals surface area (Å²) in [5, 5.41) is 11.0. The van der Waals surface area contributed by atoms with Gasteiger partial charge in [-0.3, -0.25) is 10.1 Å². The Morgan fingerprint density at radius 3 is 2.62 bits per heavy atom. The molecule has 0 fully saturated rings. The van der Waals surface area contributed by atoms with E-state index in [4.69, 9.17) is 4.74 Å². The lowest BCUT2D eigenvalue weighted by molar-refractivity contribution is -0.386. The molecule has 0 N–H and O–H groups in total. The molecule has 0 saturated carbocycles. The van der Waals surface area contributed by atoms with Gasteiger partial charge in [0.25, 0.3) is 5.69 Å². The highest BCUT2D eigenvalue weighted by Gasteiger charge is 2.53. The minimum absolute atomic E-state index is 0.146. The first kappa shape index (κ1) is 9.54. The third-order valence-electron chi connectivity index (χ3n) is 3.41. The Kier molecular flexibility index (Phi) is 1.50. The molecule has 2 unspecified atom stereocenters. The number of rotatable bonds is 1. The number of hydrogen-bond acceptors (Lipinski definition) is 3. The van der Waals surface area contributed by atoms with Gasteiger partial charge in [0.1, 0.15) is 11.2 Å². The predicted octanol–water partition coefficient (Wildman–Crippen LogP) is 2.63. The largest absolute Gasteiger partial charge is 0.351 e. The number of nitro groups is 1. The molecule has 0 aliphatic carbocycles. The molecule has 0 amide bonds. The lowest BCUT2D eigenvalue weighted by Crippen LogP contribution is -2.17. The van der Waals surface area contributed by atoms with Gasteiger partial charge in [-0.1, -0.05) is 12.1 Å². The van der Waals surface area contributed by atoms with Crippen molar-refractivity contribution >= 4 is 5.69 Å². The highest BCUT2D eigenvalue weighted by molar-refractivity contribution is 5.59. The first-order valence-corrected chi connectivity index (χ1v) is 5.15. The summed E-state index contributed by atoms with van der Waals surface area (Å²) in [6, 6.07) is 5.14. The highest BCUT2D eigenvalue weighted by atomic mass is 16.6. The number of nitro benzene ring substituents is 1. The average molecular weight is 217 g/mol. The second kappa shape index (κ2) is 2.52. The molecule has 4 nitrogen and oxygen atoms in total. The number of ether oxygens (including phenoxy) is 1. The maximum Gasteiger partial charge on any atom is 0.276 e. The van der Waals surface area contributed by atoms with E-state index < -0.39 is 11.2 Å². The van der Waals surface area contributed by atoms with Crippen molar-refractivity contribution in [3.05, 3.63) is 51.6 Å². The van der Waals surface area contributed by atoms with Crippen LogP contribution in [0.2, 0.25) is 0 Å². The zero-order valence-corrected chi connectivity index (χ0v) is 9.06. The van der Waals surface area contributed by atoms with Crippen LogP contribution in [0.5, 0.6) is 0 Å². The first-order valence-electron chi connectivity index (χ1n) is 5.15. The molecule has 2 aliphatic heterocycles. The molecule has 0 saturated heterocycles. The van der Waals surface area contributed by atoms with Crippen molar-refractivity contribution in [3.63, 3.8) is 0 Å². The minimum atomic E-state index is -0.645. The molecule has 0 spiro atoms. The van der Waals surface area contributed by atoms with E-state index in [2.05, 4.69) is 0 Å². The molecule has 3 rings (SSSR count). The van der Waals surface area contributed by atoms with Crippen molar-refractivity contribution in [2.75, 3.05) is 0 Å². The summed E-state index contributed by atoms with van der Waals surface area (Å²) < 4.78 is 5.89. The van der Waals surface area contributed by atoms with E-state index in [1.807, 2.05) is 32.1 Å². The normalized spacial score (nSPS) is 34.1. The number of hydrogen-bond donors (Lipinski definition) is 0. The van der Waals surface area contributed by atoms with Crippen molar-refractivity contribution in [1.29, 1.82) is 0 Å². The van der Waals surface area contributed by atoms with Crippen LogP contribution in [0.25, 0.3) is 0 Å². The molecule has 0 radical (unpaired) electrons. The second-order valence-electron chi connectivity index (χ2n) is 4.61. The second-order valence-corrected chi connectivity index (χ2v) is 4.61. The Morgan fingerprint density at radius 1 is 1.25 bits per heavy atom. The van der Waals surface area contributed by atoms with Crippen LogP contribution in [0.15, 0.2) is 30.4 Å². The van der Waals surface area contributed by atoms with Gasteiger partial charge in [0.2, 0.25) is 0 Å². The van der Waals surface area contributed by atoms with E-state index in [9.17, 15) is 10.1 Å². The van der Waals surface area contributed by atoms with Crippen molar-refractivity contribution in [1.82, 2.24) is 0 Å². The van der Waals surface area contributed by atoms with Gasteiger partial charge < -0.3 is 4.74 Å². The summed E-state index contributed by atoms with van der Waals surface area (Å²) >= 11 is 0. The molecule has 2 heterocycles. The van der Waals surface area contributed by atoms with Crippen molar-refractivity contribution in [2.45, 2.75) is 25.0 Å². The zero-order chi connectivity index (χ0) is 11.6. The van der Waals surface area contributed by atoms with Crippen LogP contribution in [0.3, 0.4) is 0 Å². The van der Waals surface area contributed by atoms with Crippen LogP contribution in [0, 0.1) is 10.1 Å². The molecule has 2 bridgehead atoms. The molecular formula is C12H11NO3. The fraction of sp³-hybridized carbons (Fsp3) is 0.333. The van der Waals surface area contributed by atoms with E-state index in [-0.39, 0.29) is 10.6 Å². The smallest absolute Gasteiger partial charge is 0.276 e. The SMILES string of the molecule is CC12C=CC(C)(O1)c1c([N+](=O)[O-])cccc12. The average Bonchev–Trinajstić information content (AvgIpc) is 2.66. The van der Waals surface area contributed by atoms with Gasteiger partial charge in [0.15, 0.2) is 0 Å². The van der Waals surface area contributed by atoms with Gasteiger partial charge >= 0.3 is 0 Å². The van der Waals surface area contributed by atoms with Gasteiger partial charge in [0.05, 0.1) is 10.5 Å². The van der Waals surface area contributed by atoms with Crippen LogP contribution in [0.4, 0.5) is 5.69 Å². The molecule has 4 heteroatoms. The van der Waals surface area contributed by atoms with E-state index in [0.717, 1.165) is 5.56 Å². The lowest BCUT2D eigenvalue weighted by Gasteiger charge is -2.18. The Balaban J connectivity index is 2.35. The summed E-state index contributed by atoms with van der Waals surface area (Å²) in [4.78, 5) is 10.7. The number of fused-ring (bicyclic) bond motifs is 5. The fourth-order valence-electron chi connectivity index (χ4n) is 2.73. The Bertz CT molecular complexity index is 537. The lowest BCUT2D eigenvalue weighted by atomic mass is 9.82. The zero-order valence-electron chi connectivity index (χ0n) is 9.06. The molecule has 0 aromatic heterocycles. The molecule has 82 valence electrons. The fourth-order valence-corrected chi connectivity index (χ4v) is 2.73.